The van der Waals surface area contributed by atoms with E-state index in [4.69, 9.17) is 4.74 Å². The van der Waals surface area contributed by atoms with Crippen LogP contribution in [-0.2, 0) is 4.79 Å². The molecule has 0 spiro atoms. The highest BCUT2D eigenvalue weighted by Crippen LogP contribution is 2.32. The highest BCUT2D eigenvalue weighted by atomic mass is 16.5. The molecule has 11 heteroatoms. The molecule has 4 heterocycles. The smallest absolute Gasteiger partial charge is 0.241 e. The van der Waals surface area contributed by atoms with Gasteiger partial charge < -0.3 is 19.9 Å². The van der Waals surface area contributed by atoms with Gasteiger partial charge in [-0.2, -0.15) is 0 Å². The first-order valence-electron chi connectivity index (χ1n) is 11.1. The zero-order valence-electron chi connectivity index (χ0n) is 19.7. The van der Waals surface area contributed by atoms with Crippen molar-refractivity contribution in [2.45, 2.75) is 6.92 Å². The molecule has 1 aromatic carbocycles. The molecule has 0 unspecified atom stereocenters. The van der Waals surface area contributed by atoms with Crippen LogP contribution in [0.3, 0.4) is 0 Å². The number of carbonyl (C=O) groups excluding carboxylic acids is 1. The van der Waals surface area contributed by atoms with E-state index in [1.807, 2.05) is 56.3 Å². The summed E-state index contributed by atoms with van der Waals surface area (Å²) < 4.78 is 7.41. The number of hydrogen-bond acceptors (Lipinski definition) is 9. The second kappa shape index (κ2) is 9.47. The quantitative estimate of drug-likeness (QED) is 0.453. The summed E-state index contributed by atoms with van der Waals surface area (Å²) in [6, 6.07) is 9.78. The highest BCUT2D eigenvalue weighted by Gasteiger charge is 2.25. The van der Waals surface area contributed by atoms with Crippen LogP contribution in [0.1, 0.15) is 5.69 Å². The molecular formula is C24H25N9O2. The van der Waals surface area contributed by atoms with Crippen LogP contribution in [-0.4, -0.2) is 74.5 Å². The Balaban J connectivity index is 1.31. The van der Waals surface area contributed by atoms with Crippen molar-refractivity contribution in [3.05, 3.63) is 60.8 Å². The Kier molecular flexibility index (Phi) is 6.06. The van der Waals surface area contributed by atoms with Crippen LogP contribution in [0.4, 0.5) is 17.3 Å². The summed E-state index contributed by atoms with van der Waals surface area (Å²) >= 11 is 0. The number of likely N-dealkylation sites (N-methyl/N-ethyl adjacent to an activating group) is 1. The Labute approximate surface area is 202 Å². The van der Waals surface area contributed by atoms with E-state index in [1.54, 1.807) is 34.4 Å². The summed E-state index contributed by atoms with van der Waals surface area (Å²) in [6.07, 6.45) is 6.87. The van der Waals surface area contributed by atoms with E-state index in [0.717, 1.165) is 22.5 Å². The number of nitrogens with one attached hydrogen (secondary N) is 1. The molecule has 1 aliphatic rings. The number of pyridine rings is 1. The fourth-order valence-corrected chi connectivity index (χ4v) is 3.79. The first kappa shape index (κ1) is 22.4. The van der Waals surface area contributed by atoms with E-state index in [9.17, 15) is 4.79 Å². The van der Waals surface area contributed by atoms with Gasteiger partial charge in [-0.05, 0) is 44.8 Å². The van der Waals surface area contributed by atoms with E-state index >= 15 is 0 Å². The van der Waals surface area contributed by atoms with Gasteiger partial charge in [-0.3, -0.25) is 4.79 Å². The molecular weight excluding hydrogens is 446 g/mol. The Morgan fingerprint density at radius 1 is 1.06 bits per heavy atom. The van der Waals surface area contributed by atoms with Gasteiger partial charge in [0.25, 0.3) is 0 Å². The topological polar surface area (TPSA) is 114 Å². The number of rotatable bonds is 6. The zero-order valence-corrected chi connectivity index (χ0v) is 19.7. The van der Waals surface area contributed by atoms with E-state index in [-0.39, 0.29) is 5.91 Å². The van der Waals surface area contributed by atoms with Gasteiger partial charge in [0.2, 0.25) is 17.7 Å². The van der Waals surface area contributed by atoms with Gasteiger partial charge in [-0.1, -0.05) is 17.3 Å². The van der Waals surface area contributed by atoms with Crippen molar-refractivity contribution in [1.29, 1.82) is 0 Å². The lowest BCUT2D eigenvalue weighted by Crippen LogP contribution is -2.42. The molecule has 0 radical (unpaired) electrons. The lowest BCUT2D eigenvalue weighted by atomic mass is 10.1. The molecule has 0 aliphatic carbocycles. The summed E-state index contributed by atoms with van der Waals surface area (Å²) in [6.45, 7) is 3.15. The second-order valence-corrected chi connectivity index (χ2v) is 8.43. The summed E-state index contributed by atoms with van der Waals surface area (Å²) in [7, 11) is 3.73. The summed E-state index contributed by atoms with van der Waals surface area (Å²) in [5.41, 5.74) is 5.06. The van der Waals surface area contributed by atoms with Gasteiger partial charge in [-0.15, -0.1) is 5.10 Å². The van der Waals surface area contributed by atoms with Crippen molar-refractivity contribution < 1.29 is 9.53 Å². The van der Waals surface area contributed by atoms with Gasteiger partial charge in [0, 0.05) is 18.0 Å². The number of hydrogen-bond donors (Lipinski definition) is 1. The largest absolute Gasteiger partial charge is 0.474 e. The molecule has 0 saturated heterocycles. The van der Waals surface area contributed by atoms with Crippen molar-refractivity contribution in [3.8, 4) is 22.7 Å². The summed E-state index contributed by atoms with van der Waals surface area (Å²) in [4.78, 5) is 29.5. The molecule has 0 atom stereocenters. The molecule has 0 saturated carbocycles. The number of aromatic nitrogens is 6. The molecule has 178 valence electrons. The fraction of sp³-hybridized carbons (Fsp3) is 0.250. The van der Waals surface area contributed by atoms with Crippen molar-refractivity contribution in [2.75, 3.05) is 44.0 Å². The van der Waals surface area contributed by atoms with Gasteiger partial charge in [0.1, 0.15) is 12.3 Å². The van der Waals surface area contributed by atoms with Crippen molar-refractivity contribution in [2.24, 2.45) is 0 Å². The first-order chi connectivity index (χ1) is 17.0. The van der Waals surface area contributed by atoms with Crippen LogP contribution in [0, 0.1) is 6.92 Å². The average Bonchev–Trinajstić information content (AvgIpc) is 3.29. The summed E-state index contributed by atoms with van der Waals surface area (Å²) in [5, 5.41) is 11.2. The molecule has 1 aliphatic heterocycles. The van der Waals surface area contributed by atoms with Crippen LogP contribution in [0.2, 0.25) is 0 Å². The molecule has 35 heavy (non-hydrogen) atoms. The molecule has 5 rings (SSSR count). The molecule has 0 fully saturated rings. The predicted molar refractivity (Wildman–Crippen MR) is 131 cm³/mol. The number of benzene rings is 1. The second-order valence-electron chi connectivity index (χ2n) is 8.43. The minimum atomic E-state index is -0.0101. The zero-order chi connectivity index (χ0) is 24.4. The highest BCUT2D eigenvalue weighted by molar-refractivity contribution is 5.96. The lowest BCUT2D eigenvalue weighted by molar-refractivity contribution is -0.119. The minimum absolute atomic E-state index is 0.0101. The van der Waals surface area contributed by atoms with Gasteiger partial charge in [0.15, 0.2) is 0 Å². The van der Waals surface area contributed by atoms with Crippen molar-refractivity contribution in [1.82, 2.24) is 34.8 Å². The third-order valence-corrected chi connectivity index (χ3v) is 5.50. The normalized spacial score (nSPS) is 12.9. The molecule has 11 nitrogen and oxygen atoms in total. The number of nitrogens with zero attached hydrogens (tertiary/aromatic N) is 8. The van der Waals surface area contributed by atoms with Crippen LogP contribution in [0.5, 0.6) is 5.88 Å². The molecule has 1 N–H and O–H groups in total. The van der Waals surface area contributed by atoms with Crippen molar-refractivity contribution in [3.63, 3.8) is 0 Å². The van der Waals surface area contributed by atoms with Crippen LogP contribution >= 0.6 is 0 Å². The monoisotopic (exact) mass is 471 g/mol. The minimum Gasteiger partial charge on any atom is -0.474 e. The predicted octanol–water partition coefficient (Wildman–Crippen LogP) is 2.46. The van der Waals surface area contributed by atoms with Gasteiger partial charge in [0.05, 0.1) is 42.6 Å². The lowest BCUT2D eigenvalue weighted by Gasteiger charge is -2.29. The van der Waals surface area contributed by atoms with E-state index in [2.05, 4.69) is 30.6 Å². The standard InChI is InChI=1S/C24H25N9O2/c1-16-11-28-30-33(16)20-6-4-17(5-7-20)18-12-26-24(27-13-18)29-19-10-21-23(25-14-19)35-9-8-32(21)22(34)15-31(2)3/h4-7,10-14H,8-9,15H2,1-3H3,(H,26,27,29). The van der Waals surface area contributed by atoms with E-state index in [0.29, 0.717) is 42.9 Å². The molecule has 4 aromatic rings. The maximum Gasteiger partial charge on any atom is 0.241 e. The van der Waals surface area contributed by atoms with Crippen LogP contribution < -0.4 is 15.0 Å². The molecule has 1 amide bonds. The maximum absolute atomic E-state index is 12.7. The Morgan fingerprint density at radius 2 is 1.83 bits per heavy atom. The number of aryl methyl sites for hydroxylation is 1. The van der Waals surface area contributed by atoms with E-state index in [1.165, 1.54) is 0 Å². The third-order valence-electron chi connectivity index (χ3n) is 5.50. The van der Waals surface area contributed by atoms with Crippen LogP contribution in [0.25, 0.3) is 16.8 Å². The number of fused-ring (bicyclic) bond motifs is 1. The first-order valence-corrected chi connectivity index (χ1v) is 11.1. The number of carbonyl (C=O) groups is 1. The maximum atomic E-state index is 12.7. The Hall–Kier alpha value is -4.38. The third kappa shape index (κ3) is 4.80. The Bertz CT molecular complexity index is 1330. The fourth-order valence-electron chi connectivity index (χ4n) is 3.79. The molecule has 0 bridgehead atoms. The number of ether oxygens (including phenoxy) is 1. The van der Waals surface area contributed by atoms with Crippen LogP contribution in [0.15, 0.2) is 55.1 Å². The van der Waals surface area contributed by atoms with Crippen molar-refractivity contribution >= 4 is 23.2 Å². The van der Waals surface area contributed by atoms with Gasteiger partial charge in [-0.25, -0.2) is 19.6 Å². The van der Waals surface area contributed by atoms with Gasteiger partial charge >= 0.3 is 0 Å². The number of amides is 1. The average molecular weight is 472 g/mol. The van der Waals surface area contributed by atoms with E-state index < -0.39 is 0 Å². The number of anilines is 3. The summed E-state index contributed by atoms with van der Waals surface area (Å²) in [5.74, 6) is 0.854. The SMILES string of the molecule is Cc1cnnn1-c1ccc(-c2cnc(Nc3cnc4c(c3)N(C(=O)CN(C)C)CCO4)nc2)cc1. The molecule has 3 aromatic heterocycles. The Morgan fingerprint density at radius 3 is 2.51 bits per heavy atom.